The van der Waals surface area contributed by atoms with Crippen molar-refractivity contribution >= 4 is 5.91 Å². The average Bonchev–Trinajstić information content (AvgIpc) is 3.44. The highest BCUT2D eigenvalue weighted by molar-refractivity contribution is 5.94. The first kappa shape index (κ1) is 20.0. The molecule has 0 saturated carbocycles. The topological polar surface area (TPSA) is 56.6 Å². The highest BCUT2D eigenvalue weighted by atomic mass is 16.7. The summed E-state index contributed by atoms with van der Waals surface area (Å²) in [4.78, 5) is 19.6. The average molecular weight is 418 g/mol. The number of hydrogen-bond acceptors (Lipinski definition) is 4. The van der Waals surface area contributed by atoms with Crippen LogP contribution in [0.4, 0.5) is 0 Å². The Morgan fingerprint density at radius 3 is 2.35 bits per heavy atom. The van der Waals surface area contributed by atoms with Crippen molar-refractivity contribution in [2.75, 3.05) is 26.3 Å². The van der Waals surface area contributed by atoms with Crippen LogP contribution in [0, 0.1) is 6.92 Å². The lowest BCUT2D eigenvalue weighted by Gasteiger charge is -2.37. The van der Waals surface area contributed by atoms with E-state index >= 15 is 0 Å². The van der Waals surface area contributed by atoms with Gasteiger partial charge in [-0.3, -0.25) is 9.78 Å². The second-order valence-electron chi connectivity index (χ2n) is 8.36. The molecule has 31 heavy (non-hydrogen) atoms. The van der Waals surface area contributed by atoms with Gasteiger partial charge in [-0.25, -0.2) is 0 Å². The number of rotatable bonds is 4. The van der Waals surface area contributed by atoms with E-state index in [9.17, 15) is 4.79 Å². The van der Waals surface area contributed by atoms with Crippen LogP contribution in [-0.2, 0) is 16.0 Å². The Morgan fingerprint density at radius 2 is 1.68 bits per heavy atom. The third kappa shape index (κ3) is 4.13. The number of aryl methyl sites for hydroxylation is 1. The number of pyridine rings is 1. The van der Waals surface area contributed by atoms with E-state index in [4.69, 9.17) is 9.47 Å². The highest BCUT2D eigenvalue weighted by Crippen LogP contribution is 2.32. The van der Waals surface area contributed by atoms with Crippen molar-refractivity contribution in [1.29, 1.82) is 0 Å². The van der Waals surface area contributed by atoms with Crippen LogP contribution in [0.2, 0.25) is 0 Å². The van der Waals surface area contributed by atoms with Crippen molar-refractivity contribution < 1.29 is 14.3 Å². The second-order valence-corrected chi connectivity index (χ2v) is 8.36. The molecule has 3 aromatic rings. The predicted octanol–water partition coefficient (Wildman–Crippen LogP) is 3.89. The number of aromatic nitrogens is 2. The molecule has 0 aliphatic carbocycles. The lowest BCUT2D eigenvalue weighted by Crippen LogP contribution is -2.47. The van der Waals surface area contributed by atoms with Gasteiger partial charge in [0.15, 0.2) is 5.79 Å². The Bertz CT molecular complexity index is 1040. The van der Waals surface area contributed by atoms with Gasteiger partial charge in [0.1, 0.15) is 5.69 Å². The number of carbonyl (C=O) groups is 1. The number of ether oxygens (including phenoxy) is 2. The molecule has 0 atom stereocenters. The summed E-state index contributed by atoms with van der Waals surface area (Å²) < 4.78 is 13.7. The first-order chi connectivity index (χ1) is 15.1. The zero-order valence-corrected chi connectivity index (χ0v) is 17.8. The van der Waals surface area contributed by atoms with Gasteiger partial charge in [0.2, 0.25) is 0 Å². The van der Waals surface area contributed by atoms with Crippen molar-refractivity contribution in [3.63, 3.8) is 0 Å². The van der Waals surface area contributed by atoms with Crippen LogP contribution in [0.1, 0.15) is 34.5 Å². The predicted molar refractivity (Wildman–Crippen MR) is 118 cm³/mol. The van der Waals surface area contributed by atoms with Gasteiger partial charge in [0, 0.05) is 56.6 Å². The number of likely N-dealkylation sites (tertiary alicyclic amines) is 1. The van der Waals surface area contributed by atoms with Crippen LogP contribution >= 0.6 is 0 Å². The number of benzene rings is 1. The summed E-state index contributed by atoms with van der Waals surface area (Å²) in [5, 5.41) is 0. The largest absolute Gasteiger partial charge is 0.347 e. The lowest BCUT2D eigenvalue weighted by atomic mass is 10.0. The smallest absolute Gasteiger partial charge is 0.270 e. The molecule has 2 aliphatic rings. The molecule has 1 amide bonds. The molecule has 1 spiro atoms. The summed E-state index contributed by atoms with van der Waals surface area (Å²) in [5.74, 6) is -0.427. The maximum atomic E-state index is 13.5. The number of hydrogen-bond donors (Lipinski definition) is 0. The molecular formula is C25H27N3O3. The van der Waals surface area contributed by atoms with E-state index in [1.165, 1.54) is 11.1 Å². The number of nitrogens with zero attached hydrogens (tertiary/aromatic N) is 3. The van der Waals surface area contributed by atoms with Crippen molar-refractivity contribution in [3.8, 4) is 11.1 Å². The molecule has 2 aromatic heterocycles. The monoisotopic (exact) mass is 417 g/mol. The molecular weight excluding hydrogens is 390 g/mol. The summed E-state index contributed by atoms with van der Waals surface area (Å²) >= 11 is 0. The molecule has 4 heterocycles. The lowest BCUT2D eigenvalue weighted by molar-refractivity contribution is -0.181. The first-order valence-electron chi connectivity index (χ1n) is 10.9. The van der Waals surface area contributed by atoms with E-state index < -0.39 is 5.79 Å². The van der Waals surface area contributed by atoms with Crippen molar-refractivity contribution in [2.45, 2.75) is 32.1 Å². The summed E-state index contributed by atoms with van der Waals surface area (Å²) in [6.45, 7) is 5.29. The van der Waals surface area contributed by atoms with Gasteiger partial charge >= 0.3 is 0 Å². The zero-order valence-electron chi connectivity index (χ0n) is 17.8. The Hall–Kier alpha value is -2.96. The number of amides is 1. The molecule has 6 nitrogen and oxygen atoms in total. The summed E-state index contributed by atoms with van der Waals surface area (Å²) in [6.07, 6.45) is 7.06. The van der Waals surface area contributed by atoms with Gasteiger partial charge in [-0.05, 0) is 36.2 Å². The highest BCUT2D eigenvalue weighted by Gasteiger charge is 2.41. The van der Waals surface area contributed by atoms with Crippen LogP contribution in [0.5, 0.6) is 0 Å². The standard InChI is InChI=1S/C25H27N3O3/c1-19-2-4-20(5-3-19)17-28-18-22(21-6-10-26-11-7-21)16-23(28)24(29)27-12-8-25(9-13-27)30-14-15-31-25/h2-7,10-11,16,18H,8-9,12-15,17H2,1H3. The van der Waals surface area contributed by atoms with Gasteiger partial charge < -0.3 is 18.9 Å². The van der Waals surface area contributed by atoms with E-state index in [2.05, 4.69) is 46.9 Å². The van der Waals surface area contributed by atoms with Gasteiger partial charge in [-0.2, -0.15) is 0 Å². The molecule has 2 aliphatic heterocycles. The molecule has 160 valence electrons. The molecule has 5 rings (SSSR count). The maximum absolute atomic E-state index is 13.5. The fourth-order valence-electron chi connectivity index (χ4n) is 4.41. The van der Waals surface area contributed by atoms with E-state index in [0.717, 1.165) is 11.1 Å². The molecule has 0 bridgehead atoms. The minimum atomic E-state index is -0.483. The van der Waals surface area contributed by atoms with Crippen LogP contribution in [-0.4, -0.2) is 52.4 Å². The minimum absolute atomic E-state index is 0.0558. The molecule has 0 radical (unpaired) electrons. The first-order valence-corrected chi connectivity index (χ1v) is 10.9. The molecule has 2 fully saturated rings. The second kappa shape index (κ2) is 8.29. The molecule has 6 heteroatoms. The van der Waals surface area contributed by atoms with Crippen LogP contribution < -0.4 is 0 Å². The van der Waals surface area contributed by atoms with Crippen LogP contribution in [0.25, 0.3) is 11.1 Å². The van der Waals surface area contributed by atoms with E-state index in [1.54, 1.807) is 12.4 Å². The Morgan fingerprint density at radius 1 is 1.00 bits per heavy atom. The Kier molecular flexibility index (Phi) is 5.34. The Labute approximate surface area is 182 Å². The van der Waals surface area contributed by atoms with Crippen molar-refractivity contribution in [3.05, 3.63) is 77.9 Å². The summed E-state index contributed by atoms with van der Waals surface area (Å²) in [7, 11) is 0. The van der Waals surface area contributed by atoms with Gasteiger partial charge in [0.05, 0.1) is 13.2 Å². The molecule has 1 aromatic carbocycles. The minimum Gasteiger partial charge on any atom is -0.347 e. The van der Waals surface area contributed by atoms with Crippen LogP contribution in [0.15, 0.2) is 61.1 Å². The van der Waals surface area contributed by atoms with Gasteiger partial charge in [-0.1, -0.05) is 29.8 Å². The summed E-state index contributed by atoms with van der Waals surface area (Å²) in [5.41, 5.74) is 5.17. The quantitative estimate of drug-likeness (QED) is 0.646. The maximum Gasteiger partial charge on any atom is 0.270 e. The van der Waals surface area contributed by atoms with Crippen LogP contribution in [0.3, 0.4) is 0 Å². The summed E-state index contributed by atoms with van der Waals surface area (Å²) in [6, 6.07) is 14.4. The molecule has 2 saturated heterocycles. The van der Waals surface area contributed by atoms with Gasteiger partial charge in [-0.15, -0.1) is 0 Å². The SMILES string of the molecule is Cc1ccc(Cn2cc(-c3ccncc3)cc2C(=O)N2CCC3(CC2)OCCO3)cc1. The molecule has 0 unspecified atom stereocenters. The third-order valence-electron chi connectivity index (χ3n) is 6.23. The third-order valence-corrected chi connectivity index (χ3v) is 6.23. The van der Waals surface area contributed by atoms with E-state index in [0.29, 0.717) is 51.4 Å². The van der Waals surface area contributed by atoms with Crippen molar-refractivity contribution in [2.24, 2.45) is 0 Å². The van der Waals surface area contributed by atoms with Crippen molar-refractivity contribution in [1.82, 2.24) is 14.5 Å². The molecule has 0 N–H and O–H groups in total. The normalized spacial score (nSPS) is 17.9. The zero-order chi connectivity index (χ0) is 21.3. The number of carbonyl (C=O) groups excluding carboxylic acids is 1. The van der Waals surface area contributed by atoms with E-state index in [-0.39, 0.29) is 5.91 Å². The fourth-order valence-corrected chi connectivity index (χ4v) is 4.41. The Balaban J connectivity index is 1.42. The van der Waals surface area contributed by atoms with E-state index in [1.807, 2.05) is 23.1 Å². The van der Waals surface area contributed by atoms with Gasteiger partial charge in [0.25, 0.3) is 5.91 Å². The fraction of sp³-hybridized carbons (Fsp3) is 0.360. The number of piperidine rings is 1.